The van der Waals surface area contributed by atoms with Crippen LogP contribution in [0.1, 0.15) is 62.7 Å². The average Bonchev–Trinajstić information content (AvgIpc) is 2.63. The van der Waals surface area contributed by atoms with E-state index in [-0.39, 0.29) is 11.9 Å². The van der Waals surface area contributed by atoms with Crippen molar-refractivity contribution in [2.75, 3.05) is 19.7 Å². The van der Waals surface area contributed by atoms with Crippen molar-refractivity contribution in [1.82, 2.24) is 10.2 Å². The number of hydrogen-bond acceptors (Lipinski definition) is 3. The Labute approximate surface area is 162 Å². The predicted octanol–water partition coefficient (Wildman–Crippen LogP) is 4.51. The van der Waals surface area contributed by atoms with Crippen LogP contribution in [-0.2, 0) is 0 Å². The van der Waals surface area contributed by atoms with Gasteiger partial charge in [-0.2, -0.15) is 0 Å². The predicted molar refractivity (Wildman–Crippen MR) is 106 cm³/mol. The van der Waals surface area contributed by atoms with Gasteiger partial charge in [-0.25, -0.2) is 0 Å². The zero-order valence-electron chi connectivity index (χ0n) is 16.0. The van der Waals surface area contributed by atoms with Crippen molar-refractivity contribution in [2.45, 2.75) is 64.5 Å². The maximum Gasteiger partial charge on any atom is 0.255 e. The fraction of sp³-hybridized carbons (Fsp3) is 0.667. The van der Waals surface area contributed by atoms with E-state index in [2.05, 4.69) is 17.1 Å². The monoisotopic (exact) mass is 378 g/mol. The summed E-state index contributed by atoms with van der Waals surface area (Å²) in [6.45, 7) is 7.26. The fourth-order valence-electron chi connectivity index (χ4n) is 4.20. The van der Waals surface area contributed by atoms with Gasteiger partial charge in [0.1, 0.15) is 5.75 Å². The number of rotatable bonds is 5. The number of benzene rings is 1. The number of nitrogens with one attached hydrogen (secondary N) is 1. The first-order valence-corrected chi connectivity index (χ1v) is 10.4. The maximum atomic E-state index is 12.7. The molecule has 3 rings (SSSR count). The summed E-state index contributed by atoms with van der Waals surface area (Å²) in [6.07, 6.45) is 7.12. The van der Waals surface area contributed by atoms with Crippen molar-refractivity contribution in [1.29, 1.82) is 0 Å². The highest BCUT2D eigenvalue weighted by atomic mass is 35.5. The molecule has 1 aromatic rings. The van der Waals surface area contributed by atoms with Gasteiger partial charge in [-0.15, -0.1) is 0 Å². The van der Waals surface area contributed by atoms with Crippen LogP contribution < -0.4 is 10.1 Å². The third-order valence-electron chi connectivity index (χ3n) is 5.85. The van der Waals surface area contributed by atoms with Crippen LogP contribution in [0.2, 0.25) is 5.02 Å². The highest BCUT2D eigenvalue weighted by molar-refractivity contribution is 6.30. The first-order valence-electron chi connectivity index (χ1n) is 10.0. The Morgan fingerprint density at radius 1 is 1.19 bits per heavy atom. The topological polar surface area (TPSA) is 41.6 Å². The van der Waals surface area contributed by atoms with Gasteiger partial charge in [-0.1, -0.05) is 18.5 Å². The molecule has 1 aliphatic carbocycles. The van der Waals surface area contributed by atoms with Crippen LogP contribution in [0.4, 0.5) is 0 Å². The first-order chi connectivity index (χ1) is 12.6. The van der Waals surface area contributed by atoms with Gasteiger partial charge in [0.2, 0.25) is 0 Å². The molecule has 0 atom stereocenters. The van der Waals surface area contributed by atoms with E-state index in [1.54, 1.807) is 18.2 Å². The molecule has 2 aliphatic rings. The minimum absolute atomic E-state index is 0.0552. The summed E-state index contributed by atoms with van der Waals surface area (Å²) in [5.74, 6) is 1.38. The average molecular weight is 379 g/mol. The zero-order valence-corrected chi connectivity index (χ0v) is 16.7. The van der Waals surface area contributed by atoms with Gasteiger partial charge in [0.25, 0.3) is 5.91 Å². The molecule has 5 heteroatoms. The Morgan fingerprint density at radius 2 is 1.88 bits per heavy atom. The summed E-state index contributed by atoms with van der Waals surface area (Å²) in [7, 11) is 0. The number of carbonyl (C=O) groups excluding carboxylic acids is 1. The highest BCUT2D eigenvalue weighted by Gasteiger charge is 2.29. The van der Waals surface area contributed by atoms with E-state index in [0.717, 1.165) is 18.8 Å². The fourth-order valence-corrected chi connectivity index (χ4v) is 4.36. The van der Waals surface area contributed by atoms with Crippen molar-refractivity contribution in [3.63, 3.8) is 0 Å². The minimum Gasteiger partial charge on any atom is -0.493 e. The Bertz CT molecular complexity index is 606. The third-order valence-corrected chi connectivity index (χ3v) is 6.09. The molecule has 0 spiro atoms. The lowest BCUT2D eigenvalue weighted by atomic mass is 9.88. The summed E-state index contributed by atoms with van der Waals surface area (Å²) >= 11 is 6.03. The Kier molecular flexibility index (Phi) is 6.82. The summed E-state index contributed by atoms with van der Waals surface area (Å²) in [5.41, 5.74) is 0.573. The van der Waals surface area contributed by atoms with Gasteiger partial charge < -0.3 is 15.0 Å². The molecular formula is C21H31ClN2O2. The summed E-state index contributed by atoms with van der Waals surface area (Å²) in [5, 5.41) is 3.79. The van der Waals surface area contributed by atoms with Crippen LogP contribution in [0.5, 0.6) is 5.75 Å². The number of amides is 1. The Balaban J connectivity index is 1.52. The summed E-state index contributed by atoms with van der Waals surface area (Å²) in [6, 6.07) is 6.17. The molecule has 2 fully saturated rings. The van der Waals surface area contributed by atoms with Crippen molar-refractivity contribution in [3.05, 3.63) is 28.8 Å². The van der Waals surface area contributed by atoms with Crippen molar-refractivity contribution >= 4 is 17.5 Å². The highest BCUT2D eigenvalue weighted by Crippen LogP contribution is 2.28. The molecule has 1 heterocycles. The third kappa shape index (κ3) is 4.92. The van der Waals surface area contributed by atoms with Gasteiger partial charge >= 0.3 is 0 Å². The number of hydrogen-bond donors (Lipinski definition) is 1. The van der Waals surface area contributed by atoms with E-state index in [4.69, 9.17) is 16.3 Å². The Hall–Kier alpha value is -1.26. The quantitative estimate of drug-likeness (QED) is 0.819. The second-order valence-corrected chi connectivity index (χ2v) is 8.21. The molecule has 1 saturated heterocycles. The number of nitrogens with zero attached hydrogens (tertiary/aromatic N) is 1. The normalized spacial score (nSPS) is 25.0. The molecule has 1 saturated carbocycles. The van der Waals surface area contributed by atoms with Gasteiger partial charge in [-0.3, -0.25) is 4.79 Å². The lowest BCUT2D eigenvalue weighted by Gasteiger charge is -2.40. The number of carbonyl (C=O) groups is 1. The Morgan fingerprint density at radius 3 is 2.54 bits per heavy atom. The van der Waals surface area contributed by atoms with Gasteiger partial charge in [0.15, 0.2) is 0 Å². The van der Waals surface area contributed by atoms with E-state index >= 15 is 0 Å². The maximum absolute atomic E-state index is 12.7. The van der Waals surface area contributed by atoms with Crippen molar-refractivity contribution in [3.8, 4) is 5.75 Å². The van der Waals surface area contributed by atoms with Crippen LogP contribution >= 0.6 is 11.6 Å². The van der Waals surface area contributed by atoms with Gasteiger partial charge in [-0.05, 0) is 82.7 Å². The number of halogens is 1. The van der Waals surface area contributed by atoms with Gasteiger partial charge in [0, 0.05) is 17.1 Å². The van der Waals surface area contributed by atoms with Gasteiger partial charge in [0.05, 0.1) is 12.2 Å². The molecule has 4 nitrogen and oxygen atoms in total. The number of likely N-dealkylation sites (tertiary alicyclic amines) is 1. The standard InChI is InChI=1S/C21H31ClN2O2/c1-3-26-20-14-16(22)4-9-19(20)21(25)23-17-5-7-18(8-6-17)24-12-10-15(2)11-13-24/h4,9,14-15,17-18H,3,5-8,10-13H2,1-2H3,(H,23,25). The number of piperidine rings is 1. The lowest BCUT2D eigenvalue weighted by Crippen LogP contribution is -2.46. The van der Waals surface area contributed by atoms with E-state index < -0.39 is 0 Å². The molecule has 0 bridgehead atoms. The van der Waals surface area contributed by atoms with Crippen LogP contribution in [0.25, 0.3) is 0 Å². The van der Waals surface area contributed by atoms with Crippen molar-refractivity contribution in [2.24, 2.45) is 5.92 Å². The summed E-state index contributed by atoms with van der Waals surface area (Å²) in [4.78, 5) is 15.4. The van der Waals surface area contributed by atoms with Crippen LogP contribution in [0.3, 0.4) is 0 Å². The smallest absolute Gasteiger partial charge is 0.255 e. The molecule has 1 aliphatic heterocycles. The zero-order chi connectivity index (χ0) is 18.5. The van der Waals surface area contributed by atoms with E-state index in [9.17, 15) is 4.79 Å². The molecule has 144 valence electrons. The second-order valence-electron chi connectivity index (χ2n) is 7.77. The number of ether oxygens (including phenoxy) is 1. The molecular weight excluding hydrogens is 348 g/mol. The first kappa shape index (κ1) is 19.5. The largest absolute Gasteiger partial charge is 0.493 e. The molecule has 1 N–H and O–H groups in total. The van der Waals surface area contributed by atoms with E-state index in [1.807, 2.05) is 6.92 Å². The molecule has 0 radical (unpaired) electrons. The SMILES string of the molecule is CCOc1cc(Cl)ccc1C(=O)NC1CCC(N2CCC(C)CC2)CC1. The molecule has 1 aromatic carbocycles. The van der Waals surface area contributed by atoms with Crippen LogP contribution in [0.15, 0.2) is 18.2 Å². The molecule has 26 heavy (non-hydrogen) atoms. The van der Waals surface area contributed by atoms with Crippen LogP contribution in [0, 0.1) is 5.92 Å². The van der Waals surface area contributed by atoms with E-state index in [0.29, 0.717) is 29.0 Å². The molecule has 1 amide bonds. The second kappa shape index (κ2) is 9.09. The summed E-state index contributed by atoms with van der Waals surface area (Å²) < 4.78 is 5.58. The molecule has 0 unspecified atom stereocenters. The lowest BCUT2D eigenvalue weighted by molar-refractivity contribution is 0.0857. The minimum atomic E-state index is -0.0552. The van der Waals surface area contributed by atoms with Crippen molar-refractivity contribution < 1.29 is 9.53 Å². The van der Waals surface area contributed by atoms with Crippen LogP contribution in [-0.4, -0.2) is 42.6 Å². The molecule has 0 aromatic heterocycles. The van der Waals surface area contributed by atoms with E-state index in [1.165, 1.54) is 38.8 Å².